The van der Waals surface area contributed by atoms with Crippen LogP contribution in [0.4, 0.5) is 5.82 Å². The molecular weight excluding hydrogens is 262 g/mol. The molecule has 1 aromatic heterocycles. The molecule has 2 rings (SSSR count). The Bertz CT molecular complexity index is 458. The van der Waals surface area contributed by atoms with Gasteiger partial charge in [0.25, 0.3) is 5.91 Å². The van der Waals surface area contributed by atoms with Crippen molar-refractivity contribution in [1.29, 1.82) is 0 Å². The van der Waals surface area contributed by atoms with Gasteiger partial charge in [-0.25, -0.2) is 4.98 Å². The van der Waals surface area contributed by atoms with Crippen molar-refractivity contribution in [1.82, 2.24) is 10.3 Å². The summed E-state index contributed by atoms with van der Waals surface area (Å²) in [6, 6.07) is 3.34. The maximum absolute atomic E-state index is 12.2. The lowest BCUT2D eigenvalue weighted by Gasteiger charge is -2.21. The topological polar surface area (TPSA) is 68.0 Å². The van der Waals surface area contributed by atoms with Crippen LogP contribution >= 0.6 is 11.6 Å². The van der Waals surface area contributed by atoms with E-state index in [1.165, 1.54) is 12.8 Å². The second-order valence-electron chi connectivity index (χ2n) is 5.29. The average molecular weight is 282 g/mol. The average Bonchev–Trinajstić information content (AvgIpc) is 2.69. The SMILES string of the molecule is CCC1CCC(NC(=O)c2cc(N)nc(Cl)c2)C1C. The minimum atomic E-state index is -0.121. The lowest BCUT2D eigenvalue weighted by atomic mass is 9.93. The Balaban J connectivity index is 2.05. The van der Waals surface area contributed by atoms with Gasteiger partial charge in [-0.3, -0.25) is 4.79 Å². The molecule has 3 atom stereocenters. The van der Waals surface area contributed by atoms with Crippen molar-refractivity contribution in [3.63, 3.8) is 0 Å². The third-order valence-electron chi connectivity index (χ3n) is 4.14. The number of nitrogens with two attached hydrogens (primary N) is 1. The number of nitrogen functional groups attached to an aromatic ring is 1. The predicted molar refractivity (Wildman–Crippen MR) is 77.1 cm³/mol. The molecule has 1 amide bonds. The van der Waals surface area contributed by atoms with Crippen molar-refractivity contribution in [3.05, 3.63) is 22.8 Å². The Morgan fingerprint density at radius 3 is 2.84 bits per heavy atom. The van der Waals surface area contributed by atoms with E-state index in [1.807, 2.05) is 0 Å². The van der Waals surface area contributed by atoms with Crippen molar-refractivity contribution in [3.8, 4) is 0 Å². The Labute approximate surface area is 118 Å². The summed E-state index contributed by atoms with van der Waals surface area (Å²) in [6.07, 6.45) is 3.39. The predicted octanol–water partition coefficient (Wildman–Crippen LogP) is 2.87. The largest absolute Gasteiger partial charge is 0.384 e. The zero-order chi connectivity index (χ0) is 14.0. The van der Waals surface area contributed by atoms with Gasteiger partial charge in [-0.15, -0.1) is 0 Å². The van der Waals surface area contributed by atoms with Gasteiger partial charge in [0, 0.05) is 11.6 Å². The fraction of sp³-hybridized carbons (Fsp3) is 0.571. The van der Waals surface area contributed by atoms with E-state index in [2.05, 4.69) is 24.1 Å². The van der Waals surface area contributed by atoms with Crippen molar-refractivity contribution in [2.24, 2.45) is 11.8 Å². The molecule has 4 nitrogen and oxygen atoms in total. The molecule has 104 valence electrons. The molecule has 1 heterocycles. The Hall–Kier alpha value is -1.29. The van der Waals surface area contributed by atoms with Gasteiger partial charge in [-0.1, -0.05) is 31.9 Å². The summed E-state index contributed by atoms with van der Waals surface area (Å²) >= 11 is 5.81. The third kappa shape index (κ3) is 3.18. The van der Waals surface area contributed by atoms with Gasteiger partial charge in [-0.2, -0.15) is 0 Å². The van der Waals surface area contributed by atoms with E-state index in [4.69, 9.17) is 17.3 Å². The number of nitrogens with one attached hydrogen (secondary N) is 1. The van der Waals surface area contributed by atoms with Gasteiger partial charge in [0.05, 0.1) is 0 Å². The van der Waals surface area contributed by atoms with Gasteiger partial charge in [0.1, 0.15) is 11.0 Å². The zero-order valence-corrected chi connectivity index (χ0v) is 12.1. The number of rotatable bonds is 3. The number of carbonyl (C=O) groups is 1. The van der Waals surface area contributed by atoms with Gasteiger partial charge >= 0.3 is 0 Å². The molecule has 5 heteroatoms. The van der Waals surface area contributed by atoms with Crippen LogP contribution < -0.4 is 11.1 Å². The van der Waals surface area contributed by atoms with Crippen LogP contribution in [0.25, 0.3) is 0 Å². The fourth-order valence-electron chi connectivity index (χ4n) is 2.93. The van der Waals surface area contributed by atoms with E-state index in [9.17, 15) is 4.79 Å². The summed E-state index contributed by atoms with van der Waals surface area (Å²) in [7, 11) is 0. The van der Waals surface area contributed by atoms with Crippen LogP contribution in [0, 0.1) is 11.8 Å². The van der Waals surface area contributed by atoms with E-state index in [-0.39, 0.29) is 22.9 Å². The van der Waals surface area contributed by atoms with Gasteiger partial charge in [0.15, 0.2) is 0 Å². The lowest BCUT2D eigenvalue weighted by molar-refractivity contribution is 0.0926. The molecule has 1 fully saturated rings. The highest BCUT2D eigenvalue weighted by molar-refractivity contribution is 6.29. The molecule has 1 aliphatic carbocycles. The van der Waals surface area contributed by atoms with E-state index in [1.54, 1.807) is 12.1 Å². The summed E-state index contributed by atoms with van der Waals surface area (Å²) in [6.45, 7) is 4.41. The van der Waals surface area contributed by atoms with Crippen LogP contribution in [-0.2, 0) is 0 Å². The molecule has 1 saturated carbocycles. The maximum atomic E-state index is 12.2. The summed E-state index contributed by atoms with van der Waals surface area (Å²) in [5.74, 6) is 1.37. The number of hydrogen-bond acceptors (Lipinski definition) is 3. The number of amides is 1. The Morgan fingerprint density at radius 2 is 2.26 bits per heavy atom. The second-order valence-corrected chi connectivity index (χ2v) is 5.68. The summed E-state index contributed by atoms with van der Waals surface area (Å²) in [5, 5.41) is 3.33. The molecule has 0 aliphatic heterocycles. The van der Waals surface area contributed by atoms with E-state index < -0.39 is 0 Å². The first-order valence-corrected chi connectivity index (χ1v) is 7.13. The van der Waals surface area contributed by atoms with Gasteiger partial charge in [-0.05, 0) is 36.8 Å². The molecule has 0 spiro atoms. The van der Waals surface area contributed by atoms with Crippen molar-refractivity contribution >= 4 is 23.3 Å². The molecule has 1 aromatic rings. The molecule has 0 radical (unpaired) electrons. The lowest BCUT2D eigenvalue weighted by Crippen LogP contribution is -2.37. The van der Waals surface area contributed by atoms with Crippen LogP contribution in [0.3, 0.4) is 0 Å². The molecule has 1 aliphatic rings. The number of aromatic nitrogens is 1. The third-order valence-corrected chi connectivity index (χ3v) is 4.34. The minimum absolute atomic E-state index is 0.121. The van der Waals surface area contributed by atoms with Crippen LogP contribution in [0.2, 0.25) is 5.15 Å². The standard InChI is InChI=1S/C14H20ClN3O/c1-3-9-4-5-11(8(9)2)17-14(19)10-6-12(15)18-13(16)7-10/h6-9,11H,3-5H2,1-2H3,(H2,16,18)(H,17,19). The van der Waals surface area contributed by atoms with Crippen molar-refractivity contribution in [2.45, 2.75) is 39.2 Å². The van der Waals surface area contributed by atoms with Crippen LogP contribution in [0.15, 0.2) is 12.1 Å². The van der Waals surface area contributed by atoms with Crippen molar-refractivity contribution < 1.29 is 4.79 Å². The molecule has 3 N–H and O–H groups in total. The highest BCUT2D eigenvalue weighted by atomic mass is 35.5. The smallest absolute Gasteiger partial charge is 0.251 e. The zero-order valence-electron chi connectivity index (χ0n) is 11.3. The van der Waals surface area contributed by atoms with Crippen LogP contribution in [0.5, 0.6) is 0 Å². The van der Waals surface area contributed by atoms with Gasteiger partial charge in [0.2, 0.25) is 0 Å². The highest BCUT2D eigenvalue weighted by Crippen LogP contribution is 2.34. The number of anilines is 1. The first kappa shape index (κ1) is 14.1. The number of carbonyl (C=O) groups excluding carboxylic acids is 1. The molecule has 0 bridgehead atoms. The number of pyridine rings is 1. The first-order chi connectivity index (χ1) is 9.01. The number of halogens is 1. The summed E-state index contributed by atoms with van der Waals surface area (Å²) < 4.78 is 0. The van der Waals surface area contributed by atoms with E-state index in [0.717, 1.165) is 6.42 Å². The monoisotopic (exact) mass is 281 g/mol. The van der Waals surface area contributed by atoms with Crippen LogP contribution in [0.1, 0.15) is 43.5 Å². The quantitative estimate of drug-likeness (QED) is 0.837. The second kappa shape index (κ2) is 5.78. The van der Waals surface area contributed by atoms with E-state index in [0.29, 0.717) is 17.4 Å². The fourth-order valence-corrected chi connectivity index (χ4v) is 3.14. The maximum Gasteiger partial charge on any atom is 0.251 e. The molecule has 3 unspecified atom stereocenters. The summed E-state index contributed by atoms with van der Waals surface area (Å²) in [5.41, 5.74) is 6.08. The highest BCUT2D eigenvalue weighted by Gasteiger charge is 2.32. The molecule has 19 heavy (non-hydrogen) atoms. The number of nitrogens with zero attached hydrogens (tertiary/aromatic N) is 1. The number of hydrogen-bond donors (Lipinski definition) is 2. The van der Waals surface area contributed by atoms with E-state index >= 15 is 0 Å². The Kier molecular flexibility index (Phi) is 4.30. The van der Waals surface area contributed by atoms with Crippen molar-refractivity contribution in [2.75, 3.05) is 5.73 Å². The molecular formula is C14H20ClN3O. The van der Waals surface area contributed by atoms with Crippen LogP contribution in [-0.4, -0.2) is 16.9 Å². The minimum Gasteiger partial charge on any atom is -0.384 e. The Morgan fingerprint density at radius 1 is 1.53 bits per heavy atom. The molecule has 0 saturated heterocycles. The normalized spacial score (nSPS) is 26.4. The molecule has 0 aromatic carbocycles. The van der Waals surface area contributed by atoms with Gasteiger partial charge < -0.3 is 11.1 Å². The summed E-state index contributed by atoms with van der Waals surface area (Å²) in [4.78, 5) is 16.0. The first-order valence-electron chi connectivity index (χ1n) is 6.75.